The predicted octanol–water partition coefficient (Wildman–Crippen LogP) is 5.92. The van der Waals surface area contributed by atoms with E-state index in [0.29, 0.717) is 10.9 Å². The highest BCUT2D eigenvalue weighted by molar-refractivity contribution is 7.89. The van der Waals surface area contributed by atoms with Gasteiger partial charge in [-0.25, -0.2) is 18.0 Å². The summed E-state index contributed by atoms with van der Waals surface area (Å²) in [5, 5.41) is 0.642. The maximum absolute atomic E-state index is 13.4. The van der Waals surface area contributed by atoms with Gasteiger partial charge in [0, 0.05) is 17.5 Å². The second-order valence-electron chi connectivity index (χ2n) is 9.22. The minimum Gasteiger partial charge on any atom is -0.424 e. The molecule has 5 rings (SSSR count). The fraction of sp³-hybridized carbons (Fsp3) is 0.0968. The highest BCUT2D eigenvalue weighted by Crippen LogP contribution is 2.35. The molecule has 0 aliphatic heterocycles. The number of carbonyl (C=O) groups excluding carboxylic acids is 1. The van der Waals surface area contributed by atoms with E-state index in [1.807, 2.05) is 43.3 Å². The van der Waals surface area contributed by atoms with Crippen molar-refractivity contribution < 1.29 is 22.4 Å². The van der Waals surface area contributed by atoms with Crippen molar-refractivity contribution in [3.63, 3.8) is 0 Å². The fourth-order valence-corrected chi connectivity index (χ4v) is 5.66. The molecule has 0 fully saturated rings. The molecule has 0 spiro atoms. The summed E-state index contributed by atoms with van der Waals surface area (Å²) in [6.07, 6.45) is 0.0310. The zero-order valence-electron chi connectivity index (χ0n) is 21.3. The van der Waals surface area contributed by atoms with Gasteiger partial charge in [-0.1, -0.05) is 90.0 Å². The van der Waals surface area contributed by atoms with Gasteiger partial charge in [0.25, 0.3) is 0 Å². The quantitative estimate of drug-likeness (QED) is 0.140. The van der Waals surface area contributed by atoms with Crippen LogP contribution in [0, 0.1) is 6.92 Å². The van der Waals surface area contributed by atoms with Gasteiger partial charge in [-0.05, 0) is 48.2 Å². The lowest BCUT2D eigenvalue weighted by Gasteiger charge is -2.19. The molecule has 1 N–H and O–H groups in total. The summed E-state index contributed by atoms with van der Waals surface area (Å²) in [4.78, 5) is 25.8. The molecular formula is C31H24ClNO6S. The Hall–Kier alpha value is -4.24. The topological polar surface area (TPSA) is 103 Å². The summed E-state index contributed by atoms with van der Waals surface area (Å²) >= 11 is 6.52. The van der Waals surface area contributed by atoms with Crippen molar-refractivity contribution in [1.29, 1.82) is 0 Å². The number of hydrogen-bond acceptors (Lipinski definition) is 6. The monoisotopic (exact) mass is 573 g/mol. The summed E-state index contributed by atoms with van der Waals surface area (Å²) < 4.78 is 39.8. The summed E-state index contributed by atoms with van der Waals surface area (Å²) in [7, 11) is -4.06. The van der Waals surface area contributed by atoms with E-state index >= 15 is 0 Å². The lowest BCUT2D eigenvalue weighted by molar-refractivity contribution is -0.136. The van der Waals surface area contributed by atoms with Gasteiger partial charge in [-0.15, -0.1) is 0 Å². The Bertz CT molecular complexity index is 1840. The van der Waals surface area contributed by atoms with Gasteiger partial charge in [0.05, 0.1) is 9.92 Å². The van der Waals surface area contributed by atoms with Crippen LogP contribution in [-0.4, -0.2) is 20.4 Å². The Kier molecular flexibility index (Phi) is 7.84. The van der Waals surface area contributed by atoms with Crippen molar-refractivity contribution in [2.24, 2.45) is 0 Å². The van der Waals surface area contributed by atoms with E-state index in [4.69, 9.17) is 20.8 Å². The molecule has 0 amide bonds. The van der Waals surface area contributed by atoms with E-state index in [1.54, 1.807) is 42.5 Å². The van der Waals surface area contributed by atoms with Crippen LogP contribution in [0.2, 0.25) is 5.02 Å². The van der Waals surface area contributed by atoms with Crippen LogP contribution < -0.4 is 15.1 Å². The van der Waals surface area contributed by atoms with Crippen molar-refractivity contribution in [2.75, 3.05) is 0 Å². The van der Waals surface area contributed by atoms with Crippen molar-refractivity contribution in [2.45, 2.75) is 24.3 Å². The van der Waals surface area contributed by atoms with Crippen LogP contribution in [0.25, 0.3) is 22.1 Å². The largest absolute Gasteiger partial charge is 0.424 e. The molecule has 9 heteroatoms. The van der Waals surface area contributed by atoms with E-state index in [0.717, 1.165) is 16.7 Å². The zero-order valence-corrected chi connectivity index (χ0v) is 22.9. The Labute approximate surface area is 236 Å². The SMILES string of the molecule is Cc1ccc(S(=O)(=O)N[C@@H](Cc2ccccc2)C(=O)Oc2cc3oc(=O)cc(-c4ccccc4)c3cc2Cl)cc1. The molecule has 0 radical (unpaired) electrons. The molecule has 4 aromatic carbocycles. The minimum atomic E-state index is -4.06. The molecule has 5 aromatic rings. The molecule has 1 atom stereocenters. The average Bonchev–Trinajstić information content (AvgIpc) is 2.94. The molecular weight excluding hydrogens is 550 g/mol. The first kappa shape index (κ1) is 27.3. The van der Waals surface area contributed by atoms with Crippen molar-refractivity contribution >= 4 is 38.6 Å². The number of ether oxygens (including phenoxy) is 1. The smallest absolute Gasteiger partial charge is 0.336 e. The fourth-order valence-electron chi connectivity index (χ4n) is 4.27. The molecule has 1 heterocycles. The van der Waals surface area contributed by atoms with E-state index in [2.05, 4.69) is 4.72 Å². The van der Waals surface area contributed by atoms with Crippen LogP contribution in [0.15, 0.2) is 117 Å². The van der Waals surface area contributed by atoms with E-state index in [9.17, 15) is 18.0 Å². The Morgan fingerprint density at radius 1 is 0.925 bits per heavy atom. The second-order valence-corrected chi connectivity index (χ2v) is 11.3. The lowest BCUT2D eigenvalue weighted by Crippen LogP contribution is -2.44. The van der Waals surface area contributed by atoms with Crippen LogP contribution in [-0.2, 0) is 21.2 Å². The first-order valence-corrected chi connectivity index (χ1v) is 14.2. The normalized spacial score (nSPS) is 12.2. The number of hydrogen-bond donors (Lipinski definition) is 1. The number of esters is 1. The number of sulfonamides is 1. The van der Waals surface area contributed by atoms with Gasteiger partial charge in [0.1, 0.15) is 11.6 Å². The van der Waals surface area contributed by atoms with Crippen molar-refractivity contribution in [3.8, 4) is 16.9 Å². The van der Waals surface area contributed by atoms with Gasteiger partial charge in [-0.3, -0.25) is 0 Å². The molecule has 0 unspecified atom stereocenters. The molecule has 0 aliphatic carbocycles. The number of carbonyl (C=O) groups is 1. The van der Waals surface area contributed by atoms with Crippen LogP contribution in [0.3, 0.4) is 0 Å². The molecule has 1 aromatic heterocycles. The number of rotatable bonds is 8. The average molecular weight is 574 g/mol. The predicted molar refractivity (Wildman–Crippen MR) is 154 cm³/mol. The van der Waals surface area contributed by atoms with Gasteiger partial charge in [0.2, 0.25) is 10.0 Å². The lowest BCUT2D eigenvalue weighted by atomic mass is 10.0. The number of benzene rings is 4. The van der Waals surface area contributed by atoms with Gasteiger partial charge in [-0.2, -0.15) is 4.72 Å². The number of nitrogens with one attached hydrogen (secondary N) is 1. The first-order chi connectivity index (χ1) is 19.2. The summed E-state index contributed by atoms with van der Waals surface area (Å²) in [5.41, 5.74) is 2.60. The van der Waals surface area contributed by atoms with Crippen LogP contribution in [0.1, 0.15) is 11.1 Å². The maximum atomic E-state index is 13.4. The number of aryl methyl sites for hydroxylation is 1. The number of fused-ring (bicyclic) bond motifs is 1. The standard InChI is InChI=1S/C31H24ClNO6S/c1-20-12-14-23(15-13-20)40(36,37)33-27(16-21-8-4-2-5-9-21)31(35)39-29-19-28-25(17-26(29)32)24(18-30(34)38-28)22-10-6-3-7-11-22/h2-15,17-19,27,33H,16H2,1H3/t27-/m0/s1. The Morgan fingerprint density at radius 2 is 1.57 bits per heavy atom. The third kappa shape index (κ3) is 6.15. The highest BCUT2D eigenvalue weighted by atomic mass is 35.5. The summed E-state index contributed by atoms with van der Waals surface area (Å²) in [6, 6.07) is 27.5. The molecule has 7 nitrogen and oxygen atoms in total. The third-order valence-corrected chi connectivity index (χ3v) is 8.07. The second kappa shape index (κ2) is 11.5. The molecule has 0 aliphatic rings. The Morgan fingerprint density at radius 3 is 2.25 bits per heavy atom. The molecule has 0 saturated carbocycles. The van der Waals surface area contributed by atoms with Crippen molar-refractivity contribution in [1.82, 2.24) is 4.72 Å². The van der Waals surface area contributed by atoms with Crippen LogP contribution in [0.4, 0.5) is 0 Å². The van der Waals surface area contributed by atoms with E-state index in [-0.39, 0.29) is 27.7 Å². The first-order valence-electron chi connectivity index (χ1n) is 12.4. The van der Waals surface area contributed by atoms with E-state index in [1.165, 1.54) is 24.3 Å². The molecule has 40 heavy (non-hydrogen) atoms. The third-order valence-electron chi connectivity index (χ3n) is 6.29. The van der Waals surface area contributed by atoms with Crippen LogP contribution >= 0.6 is 11.6 Å². The summed E-state index contributed by atoms with van der Waals surface area (Å²) in [6.45, 7) is 1.84. The number of halogens is 1. The van der Waals surface area contributed by atoms with Gasteiger partial charge in [0.15, 0.2) is 5.75 Å². The maximum Gasteiger partial charge on any atom is 0.336 e. The molecule has 0 saturated heterocycles. The van der Waals surface area contributed by atoms with Crippen LogP contribution in [0.5, 0.6) is 5.75 Å². The van der Waals surface area contributed by atoms with Crippen molar-refractivity contribution in [3.05, 3.63) is 130 Å². The molecule has 202 valence electrons. The molecule has 0 bridgehead atoms. The van der Waals surface area contributed by atoms with Gasteiger partial charge < -0.3 is 9.15 Å². The highest BCUT2D eigenvalue weighted by Gasteiger charge is 2.28. The van der Waals surface area contributed by atoms with E-state index < -0.39 is 27.7 Å². The minimum absolute atomic E-state index is 0.0166. The van der Waals surface area contributed by atoms with Gasteiger partial charge >= 0.3 is 11.6 Å². The Balaban J connectivity index is 1.49. The zero-order chi connectivity index (χ0) is 28.3. The summed E-state index contributed by atoms with van der Waals surface area (Å²) in [5.74, 6) is -0.942.